The van der Waals surface area contributed by atoms with Gasteiger partial charge in [0, 0.05) is 13.6 Å². The van der Waals surface area contributed by atoms with Gasteiger partial charge in [0.15, 0.2) is 0 Å². The third kappa shape index (κ3) is 2.47. The highest BCUT2D eigenvalue weighted by Gasteiger charge is 2.12. The molecule has 2 N–H and O–H groups in total. The van der Waals surface area contributed by atoms with Crippen molar-refractivity contribution in [2.45, 2.75) is 20.1 Å². The summed E-state index contributed by atoms with van der Waals surface area (Å²) in [5, 5.41) is 4.31. The van der Waals surface area contributed by atoms with E-state index in [1.807, 2.05) is 44.3 Å². The van der Waals surface area contributed by atoms with Gasteiger partial charge in [0.1, 0.15) is 6.61 Å². The van der Waals surface area contributed by atoms with E-state index in [0.717, 1.165) is 22.7 Å². The molecule has 17 heavy (non-hydrogen) atoms. The minimum atomic E-state index is 0.448. The normalized spacial score (nSPS) is 10.5. The van der Waals surface area contributed by atoms with Gasteiger partial charge in [0.05, 0.1) is 11.3 Å². The molecule has 1 aromatic heterocycles. The zero-order valence-corrected chi connectivity index (χ0v) is 10.2. The van der Waals surface area contributed by atoms with Crippen LogP contribution in [0.3, 0.4) is 0 Å². The summed E-state index contributed by atoms with van der Waals surface area (Å²) >= 11 is 0. The summed E-state index contributed by atoms with van der Waals surface area (Å²) in [7, 11) is 1.87. The van der Waals surface area contributed by atoms with Crippen molar-refractivity contribution in [3.8, 4) is 5.88 Å². The number of ether oxygens (including phenoxy) is 1. The lowest BCUT2D eigenvalue weighted by Crippen LogP contribution is -2.05. The largest absolute Gasteiger partial charge is 0.473 e. The third-order valence-electron chi connectivity index (χ3n) is 2.71. The van der Waals surface area contributed by atoms with Crippen LogP contribution in [0.2, 0.25) is 0 Å². The molecule has 4 nitrogen and oxygen atoms in total. The van der Waals surface area contributed by atoms with Gasteiger partial charge in [-0.2, -0.15) is 5.10 Å². The molecule has 0 aliphatic rings. The van der Waals surface area contributed by atoms with Gasteiger partial charge >= 0.3 is 0 Å². The molecule has 0 saturated heterocycles. The lowest BCUT2D eigenvalue weighted by atomic mass is 10.2. The molecule has 0 radical (unpaired) electrons. The van der Waals surface area contributed by atoms with Gasteiger partial charge in [-0.1, -0.05) is 30.3 Å². The molecule has 0 unspecified atom stereocenters. The fraction of sp³-hybridized carbons (Fsp3) is 0.308. The maximum absolute atomic E-state index is 5.79. The van der Waals surface area contributed by atoms with Crippen LogP contribution in [-0.2, 0) is 20.2 Å². The minimum absolute atomic E-state index is 0.448. The van der Waals surface area contributed by atoms with Crippen molar-refractivity contribution in [2.75, 3.05) is 0 Å². The first-order valence-electron chi connectivity index (χ1n) is 5.61. The lowest BCUT2D eigenvalue weighted by Gasteiger charge is -2.08. The molecule has 0 spiro atoms. The smallest absolute Gasteiger partial charge is 0.216 e. The fourth-order valence-electron chi connectivity index (χ4n) is 1.82. The number of hydrogen-bond acceptors (Lipinski definition) is 3. The Bertz CT molecular complexity index is 491. The Morgan fingerprint density at radius 3 is 2.65 bits per heavy atom. The van der Waals surface area contributed by atoms with E-state index >= 15 is 0 Å². The van der Waals surface area contributed by atoms with Crippen LogP contribution in [0.25, 0.3) is 0 Å². The Balaban J connectivity index is 2.14. The molecular weight excluding hydrogens is 214 g/mol. The second kappa shape index (κ2) is 5.01. The van der Waals surface area contributed by atoms with Gasteiger partial charge in [0.25, 0.3) is 0 Å². The van der Waals surface area contributed by atoms with Crippen LogP contribution < -0.4 is 10.5 Å². The van der Waals surface area contributed by atoms with Crippen LogP contribution in [0.1, 0.15) is 16.8 Å². The molecule has 0 aliphatic heterocycles. The van der Waals surface area contributed by atoms with Gasteiger partial charge < -0.3 is 10.5 Å². The monoisotopic (exact) mass is 231 g/mol. The van der Waals surface area contributed by atoms with Crippen molar-refractivity contribution >= 4 is 0 Å². The number of rotatable bonds is 4. The van der Waals surface area contributed by atoms with E-state index < -0.39 is 0 Å². The van der Waals surface area contributed by atoms with Gasteiger partial charge in [-0.25, -0.2) is 4.68 Å². The number of aryl methyl sites for hydroxylation is 2. The van der Waals surface area contributed by atoms with Crippen molar-refractivity contribution in [1.29, 1.82) is 0 Å². The third-order valence-corrected chi connectivity index (χ3v) is 2.71. The van der Waals surface area contributed by atoms with Crippen LogP contribution in [0.5, 0.6) is 5.88 Å². The SMILES string of the molecule is Cc1nn(C)c(OCc2ccccc2)c1CN. The van der Waals surface area contributed by atoms with Crippen LogP contribution in [0.4, 0.5) is 0 Å². The summed E-state index contributed by atoms with van der Waals surface area (Å²) in [6.07, 6.45) is 0. The fourth-order valence-corrected chi connectivity index (χ4v) is 1.82. The van der Waals surface area contributed by atoms with E-state index in [2.05, 4.69) is 5.10 Å². The van der Waals surface area contributed by atoms with Crippen LogP contribution in [0.15, 0.2) is 30.3 Å². The van der Waals surface area contributed by atoms with Crippen LogP contribution in [-0.4, -0.2) is 9.78 Å². The predicted molar refractivity (Wildman–Crippen MR) is 66.6 cm³/mol. The van der Waals surface area contributed by atoms with Gasteiger partial charge in [-0.3, -0.25) is 0 Å². The molecule has 90 valence electrons. The highest BCUT2D eigenvalue weighted by atomic mass is 16.5. The molecule has 2 rings (SSSR count). The van der Waals surface area contributed by atoms with Crippen LogP contribution >= 0.6 is 0 Å². The van der Waals surface area contributed by atoms with E-state index in [1.54, 1.807) is 4.68 Å². The standard InChI is InChI=1S/C13H17N3O/c1-10-12(8-14)13(16(2)15-10)17-9-11-6-4-3-5-7-11/h3-7H,8-9,14H2,1-2H3. The number of hydrogen-bond donors (Lipinski definition) is 1. The first-order chi connectivity index (χ1) is 8.22. The summed E-state index contributed by atoms with van der Waals surface area (Å²) in [6, 6.07) is 10.0. The van der Waals surface area contributed by atoms with Crippen molar-refractivity contribution in [2.24, 2.45) is 12.8 Å². The average molecular weight is 231 g/mol. The van der Waals surface area contributed by atoms with E-state index in [1.165, 1.54) is 0 Å². The summed E-state index contributed by atoms with van der Waals surface area (Å²) in [6.45, 7) is 2.92. The van der Waals surface area contributed by atoms with Gasteiger partial charge in [0.2, 0.25) is 5.88 Å². The Kier molecular flexibility index (Phi) is 3.44. The summed E-state index contributed by atoms with van der Waals surface area (Å²) < 4.78 is 7.52. The van der Waals surface area contributed by atoms with Gasteiger partial charge in [-0.05, 0) is 12.5 Å². The molecule has 0 bridgehead atoms. The van der Waals surface area contributed by atoms with Crippen molar-refractivity contribution < 1.29 is 4.74 Å². The summed E-state index contributed by atoms with van der Waals surface area (Å²) in [4.78, 5) is 0. The van der Waals surface area contributed by atoms with E-state index in [-0.39, 0.29) is 0 Å². The maximum Gasteiger partial charge on any atom is 0.216 e. The van der Waals surface area contributed by atoms with Crippen LogP contribution in [0, 0.1) is 6.92 Å². The van der Waals surface area contributed by atoms with E-state index in [0.29, 0.717) is 13.2 Å². The first-order valence-corrected chi connectivity index (χ1v) is 5.61. The van der Waals surface area contributed by atoms with Crippen molar-refractivity contribution in [3.63, 3.8) is 0 Å². The Morgan fingerprint density at radius 1 is 1.29 bits per heavy atom. The summed E-state index contributed by atoms with van der Waals surface area (Å²) in [5.74, 6) is 0.758. The molecule has 0 saturated carbocycles. The topological polar surface area (TPSA) is 53.1 Å². The molecule has 0 amide bonds. The number of aromatic nitrogens is 2. The molecule has 0 fully saturated rings. The highest BCUT2D eigenvalue weighted by Crippen LogP contribution is 2.21. The Labute approximate surface area is 101 Å². The lowest BCUT2D eigenvalue weighted by molar-refractivity contribution is 0.276. The second-order valence-electron chi connectivity index (χ2n) is 3.97. The highest BCUT2D eigenvalue weighted by molar-refractivity contribution is 5.31. The predicted octanol–water partition coefficient (Wildman–Crippen LogP) is 1.77. The molecule has 0 atom stereocenters. The van der Waals surface area contributed by atoms with E-state index in [9.17, 15) is 0 Å². The van der Waals surface area contributed by atoms with Gasteiger partial charge in [-0.15, -0.1) is 0 Å². The minimum Gasteiger partial charge on any atom is -0.473 e. The zero-order valence-electron chi connectivity index (χ0n) is 10.2. The molecule has 2 aromatic rings. The molecule has 4 heteroatoms. The first kappa shape index (κ1) is 11.7. The number of benzene rings is 1. The number of nitrogens with two attached hydrogens (primary N) is 1. The average Bonchev–Trinajstić information content (AvgIpc) is 2.62. The molecular formula is C13H17N3O. The second-order valence-corrected chi connectivity index (χ2v) is 3.97. The molecule has 1 heterocycles. The number of nitrogens with zero attached hydrogens (tertiary/aromatic N) is 2. The maximum atomic E-state index is 5.79. The molecule has 1 aromatic carbocycles. The van der Waals surface area contributed by atoms with E-state index in [4.69, 9.17) is 10.5 Å². The summed E-state index contributed by atoms with van der Waals surface area (Å²) in [5.41, 5.74) is 8.74. The van der Waals surface area contributed by atoms with Crippen molar-refractivity contribution in [1.82, 2.24) is 9.78 Å². The Morgan fingerprint density at radius 2 is 2.00 bits per heavy atom. The Hall–Kier alpha value is -1.81. The quantitative estimate of drug-likeness (QED) is 0.872. The zero-order chi connectivity index (χ0) is 12.3. The van der Waals surface area contributed by atoms with Crippen molar-refractivity contribution in [3.05, 3.63) is 47.2 Å². The molecule has 0 aliphatic carbocycles.